The van der Waals surface area contributed by atoms with Gasteiger partial charge >= 0.3 is 0 Å². The minimum Gasteiger partial charge on any atom is -0.468 e. The molecule has 2 rings (SSSR count). The third kappa shape index (κ3) is 2.39. The molecule has 0 amide bonds. The van der Waals surface area contributed by atoms with Gasteiger partial charge in [0.25, 0.3) is 6.01 Å². The van der Waals surface area contributed by atoms with Gasteiger partial charge in [0, 0.05) is 6.20 Å². The molecule has 0 aliphatic carbocycles. The maximum atomic E-state index is 5.16. The van der Waals surface area contributed by atoms with Crippen LogP contribution in [0.1, 0.15) is 5.56 Å². The Labute approximate surface area is 96.8 Å². The van der Waals surface area contributed by atoms with Crippen molar-refractivity contribution in [2.75, 3.05) is 7.11 Å². The average Bonchev–Trinajstić information content (AvgIpc) is 2.60. The van der Waals surface area contributed by atoms with Crippen molar-refractivity contribution in [3.63, 3.8) is 0 Å². The molecule has 4 heteroatoms. The number of nitrogens with zero attached hydrogens (tertiary/aromatic N) is 2. The summed E-state index contributed by atoms with van der Waals surface area (Å²) in [5.41, 5.74) is 1.22. The van der Waals surface area contributed by atoms with Crippen LogP contribution in [0.2, 0.25) is 0 Å². The molecule has 78 valence electrons. The van der Waals surface area contributed by atoms with E-state index < -0.39 is 0 Å². The lowest BCUT2D eigenvalue weighted by atomic mass is 10.2. The monoisotopic (exact) mass is 266 g/mol. The molecule has 0 spiro atoms. The molecule has 0 fully saturated rings. The van der Waals surface area contributed by atoms with Crippen LogP contribution < -0.4 is 4.74 Å². The largest absolute Gasteiger partial charge is 0.468 e. The first-order valence-electron chi connectivity index (χ1n) is 4.60. The van der Waals surface area contributed by atoms with E-state index in [-0.39, 0.29) is 0 Å². The first-order chi connectivity index (χ1) is 7.29. The number of methoxy groups -OCH3 is 1. The number of rotatable bonds is 3. The van der Waals surface area contributed by atoms with Gasteiger partial charge in [-0.25, -0.2) is 0 Å². The lowest BCUT2D eigenvalue weighted by molar-refractivity contribution is 0.361. The molecule has 0 aliphatic rings. The second-order valence-electron chi connectivity index (χ2n) is 3.16. The Balaban J connectivity index is 2.24. The SMILES string of the molecule is COc1nc(Br)cn1Cc1ccccc1. The molecule has 1 heterocycles. The molecular formula is C11H11BrN2O. The Morgan fingerprint density at radius 1 is 1.33 bits per heavy atom. The van der Waals surface area contributed by atoms with Crippen molar-refractivity contribution in [3.8, 4) is 6.01 Å². The first kappa shape index (κ1) is 10.2. The highest BCUT2D eigenvalue weighted by Crippen LogP contribution is 2.17. The van der Waals surface area contributed by atoms with Crippen LogP contribution in [0, 0.1) is 0 Å². The van der Waals surface area contributed by atoms with Crippen molar-refractivity contribution in [2.45, 2.75) is 6.54 Å². The van der Waals surface area contributed by atoms with Crippen molar-refractivity contribution < 1.29 is 4.74 Å². The smallest absolute Gasteiger partial charge is 0.297 e. The fourth-order valence-electron chi connectivity index (χ4n) is 1.42. The van der Waals surface area contributed by atoms with Gasteiger partial charge in [0.15, 0.2) is 0 Å². The molecular weight excluding hydrogens is 256 g/mol. The number of benzene rings is 1. The number of hydrogen-bond donors (Lipinski definition) is 0. The third-order valence-electron chi connectivity index (χ3n) is 2.09. The Morgan fingerprint density at radius 3 is 2.73 bits per heavy atom. The molecule has 0 aliphatic heterocycles. The van der Waals surface area contributed by atoms with Crippen LogP contribution >= 0.6 is 15.9 Å². The highest BCUT2D eigenvalue weighted by Gasteiger charge is 2.06. The van der Waals surface area contributed by atoms with Gasteiger partial charge in [0.2, 0.25) is 0 Å². The van der Waals surface area contributed by atoms with E-state index in [2.05, 4.69) is 33.0 Å². The first-order valence-corrected chi connectivity index (χ1v) is 5.39. The quantitative estimate of drug-likeness (QED) is 0.854. The van der Waals surface area contributed by atoms with Gasteiger partial charge in [-0.15, -0.1) is 0 Å². The normalized spacial score (nSPS) is 10.3. The summed E-state index contributed by atoms with van der Waals surface area (Å²) in [6.45, 7) is 0.766. The zero-order valence-corrected chi connectivity index (χ0v) is 9.94. The van der Waals surface area contributed by atoms with Gasteiger partial charge in [-0.1, -0.05) is 30.3 Å². The third-order valence-corrected chi connectivity index (χ3v) is 2.47. The van der Waals surface area contributed by atoms with Crippen LogP contribution in [-0.4, -0.2) is 16.7 Å². The second-order valence-corrected chi connectivity index (χ2v) is 3.98. The highest BCUT2D eigenvalue weighted by molar-refractivity contribution is 9.10. The zero-order chi connectivity index (χ0) is 10.7. The topological polar surface area (TPSA) is 27.1 Å². The predicted molar refractivity (Wildman–Crippen MR) is 62.0 cm³/mol. The average molecular weight is 267 g/mol. The number of hydrogen-bond acceptors (Lipinski definition) is 2. The molecule has 1 aromatic carbocycles. The van der Waals surface area contributed by atoms with E-state index >= 15 is 0 Å². The number of aromatic nitrogens is 2. The summed E-state index contributed by atoms with van der Waals surface area (Å²) in [5, 5.41) is 0. The number of halogens is 1. The van der Waals surface area contributed by atoms with Gasteiger partial charge in [-0.2, -0.15) is 4.98 Å². The molecule has 0 unspecified atom stereocenters. The summed E-state index contributed by atoms with van der Waals surface area (Å²) < 4.78 is 7.91. The van der Waals surface area contributed by atoms with Gasteiger partial charge in [-0.05, 0) is 21.5 Å². The zero-order valence-electron chi connectivity index (χ0n) is 8.35. The van der Waals surface area contributed by atoms with Crippen LogP contribution in [-0.2, 0) is 6.54 Å². The molecule has 15 heavy (non-hydrogen) atoms. The Morgan fingerprint density at radius 2 is 2.07 bits per heavy atom. The molecule has 0 atom stereocenters. The Kier molecular flexibility index (Phi) is 3.06. The molecule has 3 nitrogen and oxygen atoms in total. The second kappa shape index (κ2) is 4.49. The molecule has 0 N–H and O–H groups in total. The molecule has 0 radical (unpaired) electrons. The fraction of sp³-hybridized carbons (Fsp3) is 0.182. The van der Waals surface area contributed by atoms with Gasteiger partial charge in [0.1, 0.15) is 4.60 Å². The van der Waals surface area contributed by atoms with Gasteiger partial charge in [0.05, 0.1) is 13.7 Å². The summed E-state index contributed by atoms with van der Waals surface area (Å²) in [4.78, 5) is 4.18. The number of imidazole rings is 1. The summed E-state index contributed by atoms with van der Waals surface area (Å²) in [6, 6.07) is 10.8. The lowest BCUT2D eigenvalue weighted by Crippen LogP contribution is -2.01. The van der Waals surface area contributed by atoms with E-state index in [9.17, 15) is 0 Å². The minimum absolute atomic E-state index is 0.616. The maximum absolute atomic E-state index is 5.16. The van der Waals surface area contributed by atoms with Crippen LogP contribution in [0.25, 0.3) is 0 Å². The van der Waals surface area contributed by atoms with E-state index in [4.69, 9.17) is 4.74 Å². The van der Waals surface area contributed by atoms with E-state index in [1.54, 1.807) is 7.11 Å². The lowest BCUT2D eigenvalue weighted by Gasteiger charge is -2.05. The van der Waals surface area contributed by atoms with E-state index in [1.165, 1.54) is 5.56 Å². The summed E-state index contributed by atoms with van der Waals surface area (Å²) in [5.74, 6) is 0. The predicted octanol–water partition coefficient (Wildman–Crippen LogP) is 2.70. The Hall–Kier alpha value is -1.29. The molecule has 2 aromatic rings. The molecule has 0 saturated carbocycles. The van der Waals surface area contributed by atoms with E-state index in [0.717, 1.165) is 11.1 Å². The summed E-state index contributed by atoms with van der Waals surface area (Å²) >= 11 is 3.33. The molecule has 1 aromatic heterocycles. The summed E-state index contributed by atoms with van der Waals surface area (Å²) in [7, 11) is 1.62. The highest BCUT2D eigenvalue weighted by atomic mass is 79.9. The minimum atomic E-state index is 0.616. The molecule has 0 bridgehead atoms. The van der Waals surface area contributed by atoms with Crippen LogP contribution in [0.5, 0.6) is 6.01 Å². The van der Waals surface area contributed by atoms with E-state index in [1.807, 2.05) is 29.0 Å². The maximum Gasteiger partial charge on any atom is 0.297 e. The van der Waals surface area contributed by atoms with Crippen LogP contribution in [0.3, 0.4) is 0 Å². The van der Waals surface area contributed by atoms with Crippen molar-refractivity contribution in [1.29, 1.82) is 0 Å². The standard InChI is InChI=1S/C11H11BrN2O/c1-15-11-13-10(12)8-14(11)7-9-5-3-2-4-6-9/h2-6,8H,7H2,1H3. The van der Waals surface area contributed by atoms with Crippen molar-refractivity contribution in [3.05, 3.63) is 46.7 Å². The van der Waals surface area contributed by atoms with Gasteiger partial charge < -0.3 is 4.74 Å². The summed E-state index contributed by atoms with van der Waals surface area (Å²) in [6.07, 6.45) is 1.91. The Bertz CT molecular complexity index is 439. The number of ether oxygens (including phenoxy) is 1. The van der Waals surface area contributed by atoms with Crippen LogP contribution in [0.15, 0.2) is 41.1 Å². The van der Waals surface area contributed by atoms with Crippen molar-refractivity contribution >= 4 is 15.9 Å². The van der Waals surface area contributed by atoms with Crippen LogP contribution in [0.4, 0.5) is 0 Å². The molecule has 0 saturated heterocycles. The fourth-order valence-corrected chi connectivity index (χ4v) is 1.82. The van der Waals surface area contributed by atoms with E-state index in [0.29, 0.717) is 6.01 Å². The van der Waals surface area contributed by atoms with Crippen molar-refractivity contribution in [1.82, 2.24) is 9.55 Å². The van der Waals surface area contributed by atoms with Crippen molar-refractivity contribution in [2.24, 2.45) is 0 Å². The van der Waals surface area contributed by atoms with Gasteiger partial charge in [-0.3, -0.25) is 4.57 Å².